The number of aliphatic hydroxyl groups excluding tert-OH is 1. The first-order chi connectivity index (χ1) is 6.60. The zero-order chi connectivity index (χ0) is 10.7. The van der Waals surface area contributed by atoms with Crippen LogP contribution in [0.5, 0.6) is 5.88 Å². The van der Waals surface area contributed by atoms with Crippen molar-refractivity contribution in [2.45, 2.75) is 13.0 Å². The average Bonchev–Trinajstić information content (AvgIpc) is 2.15. The van der Waals surface area contributed by atoms with Crippen molar-refractivity contribution in [3.63, 3.8) is 0 Å². The molecule has 0 unspecified atom stereocenters. The average molecular weight is 224 g/mol. The van der Waals surface area contributed by atoms with Crippen LogP contribution < -0.4 is 4.74 Å². The van der Waals surface area contributed by atoms with Crippen molar-refractivity contribution >= 4 is 11.6 Å². The van der Waals surface area contributed by atoms with Crippen molar-refractivity contribution in [2.24, 2.45) is 0 Å². The highest BCUT2D eigenvalue weighted by atomic mass is 35.5. The Kier molecular flexibility index (Phi) is 3.60. The molecule has 0 radical (unpaired) electrons. The molecule has 14 heavy (non-hydrogen) atoms. The normalized spacial score (nSPS) is 10.7. The highest BCUT2D eigenvalue weighted by molar-refractivity contribution is 6.31. The molecule has 0 aliphatic rings. The second kappa shape index (κ2) is 4.52. The van der Waals surface area contributed by atoms with E-state index in [0.29, 0.717) is 0 Å². The summed E-state index contributed by atoms with van der Waals surface area (Å²) < 4.78 is 29.5. The summed E-state index contributed by atoms with van der Waals surface area (Å²) in [5.74, 6) is -0.253. The van der Waals surface area contributed by atoms with Gasteiger partial charge in [-0.2, -0.15) is 0 Å². The number of hydrogen-bond donors (Lipinski definition) is 1. The third-order valence-corrected chi connectivity index (χ3v) is 1.91. The standard InChI is InChI=1S/C8H8ClF2NO2/c1-14-8-6(7(10)11)5(9)2-4(3-13)12-8/h2,7,13H,3H2,1H3. The summed E-state index contributed by atoms with van der Waals surface area (Å²) in [5, 5.41) is 8.59. The van der Waals surface area contributed by atoms with Crippen molar-refractivity contribution in [3.05, 3.63) is 22.3 Å². The zero-order valence-corrected chi connectivity index (χ0v) is 8.05. The zero-order valence-electron chi connectivity index (χ0n) is 7.30. The summed E-state index contributed by atoms with van der Waals surface area (Å²) in [6, 6.07) is 1.19. The third-order valence-electron chi connectivity index (χ3n) is 1.60. The molecule has 1 heterocycles. The second-order valence-corrected chi connectivity index (χ2v) is 2.88. The molecule has 6 heteroatoms. The van der Waals surface area contributed by atoms with Crippen LogP contribution in [0.2, 0.25) is 5.02 Å². The highest BCUT2D eigenvalue weighted by Gasteiger charge is 2.20. The van der Waals surface area contributed by atoms with Crippen LogP contribution in [0, 0.1) is 0 Å². The summed E-state index contributed by atoms with van der Waals surface area (Å²) in [4.78, 5) is 3.66. The second-order valence-electron chi connectivity index (χ2n) is 2.48. The topological polar surface area (TPSA) is 42.4 Å². The van der Waals surface area contributed by atoms with Gasteiger partial charge in [0.1, 0.15) is 0 Å². The lowest BCUT2D eigenvalue weighted by Crippen LogP contribution is -2.00. The van der Waals surface area contributed by atoms with E-state index in [4.69, 9.17) is 16.7 Å². The minimum absolute atomic E-state index is 0.157. The largest absolute Gasteiger partial charge is 0.481 e. The van der Waals surface area contributed by atoms with Gasteiger partial charge < -0.3 is 9.84 Å². The van der Waals surface area contributed by atoms with Crippen LogP contribution in [0.25, 0.3) is 0 Å². The Morgan fingerprint density at radius 1 is 1.64 bits per heavy atom. The van der Waals surface area contributed by atoms with E-state index < -0.39 is 12.0 Å². The van der Waals surface area contributed by atoms with E-state index in [0.717, 1.165) is 0 Å². The maximum absolute atomic E-state index is 12.4. The quantitative estimate of drug-likeness (QED) is 0.854. The molecule has 0 amide bonds. The maximum atomic E-state index is 12.4. The number of aliphatic hydroxyl groups is 1. The minimum Gasteiger partial charge on any atom is -0.481 e. The van der Waals surface area contributed by atoms with E-state index >= 15 is 0 Å². The van der Waals surface area contributed by atoms with Gasteiger partial charge in [0, 0.05) is 0 Å². The number of halogens is 3. The number of aromatic nitrogens is 1. The number of pyridine rings is 1. The van der Waals surface area contributed by atoms with Gasteiger partial charge in [0.2, 0.25) is 5.88 Å². The van der Waals surface area contributed by atoms with Gasteiger partial charge >= 0.3 is 0 Å². The van der Waals surface area contributed by atoms with Gasteiger partial charge in [0.05, 0.1) is 30.0 Å². The molecule has 1 rings (SSSR count). The van der Waals surface area contributed by atoms with Gasteiger partial charge in [-0.25, -0.2) is 13.8 Å². The SMILES string of the molecule is COc1nc(CO)cc(Cl)c1C(F)F. The highest BCUT2D eigenvalue weighted by Crippen LogP contribution is 2.34. The summed E-state index contributed by atoms with van der Waals surface area (Å²) in [6.45, 7) is -0.375. The van der Waals surface area contributed by atoms with Crippen LogP contribution in [0.1, 0.15) is 17.7 Å². The fraction of sp³-hybridized carbons (Fsp3) is 0.375. The van der Waals surface area contributed by atoms with E-state index in [2.05, 4.69) is 9.72 Å². The molecule has 3 nitrogen and oxygen atoms in total. The van der Waals surface area contributed by atoms with Gasteiger partial charge in [-0.15, -0.1) is 0 Å². The van der Waals surface area contributed by atoms with Gasteiger partial charge in [-0.3, -0.25) is 0 Å². The summed E-state index contributed by atoms with van der Waals surface area (Å²) in [7, 11) is 1.21. The van der Waals surface area contributed by atoms with Crippen molar-refractivity contribution in [1.29, 1.82) is 0 Å². The van der Waals surface area contributed by atoms with Crippen molar-refractivity contribution in [2.75, 3.05) is 7.11 Å². The number of ether oxygens (including phenoxy) is 1. The molecule has 0 spiro atoms. The van der Waals surface area contributed by atoms with E-state index in [1.54, 1.807) is 0 Å². The first-order valence-corrected chi connectivity index (χ1v) is 4.10. The van der Waals surface area contributed by atoms with Crippen molar-refractivity contribution in [1.82, 2.24) is 4.98 Å². The molecule has 0 fully saturated rings. The Labute approximate surface area is 84.3 Å². The fourth-order valence-electron chi connectivity index (χ4n) is 0.983. The summed E-state index contributed by atoms with van der Waals surface area (Å²) in [6.07, 6.45) is -2.75. The third kappa shape index (κ3) is 2.10. The van der Waals surface area contributed by atoms with Crippen molar-refractivity contribution < 1.29 is 18.6 Å². The van der Waals surface area contributed by atoms with E-state index in [9.17, 15) is 8.78 Å². The number of hydrogen-bond acceptors (Lipinski definition) is 3. The Morgan fingerprint density at radius 2 is 2.29 bits per heavy atom. The molecule has 0 saturated heterocycles. The monoisotopic (exact) mass is 223 g/mol. The molecule has 78 valence electrons. The van der Waals surface area contributed by atoms with Crippen LogP contribution in [0.4, 0.5) is 8.78 Å². The maximum Gasteiger partial charge on any atom is 0.270 e. The predicted molar refractivity (Wildman–Crippen MR) is 46.7 cm³/mol. The molecule has 0 bridgehead atoms. The van der Waals surface area contributed by atoms with Crippen molar-refractivity contribution in [3.8, 4) is 5.88 Å². The number of methoxy groups -OCH3 is 1. The van der Waals surface area contributed by atoms with Crippen LogP contribution >= 0.6 is 11.6 Å². The molecular weight excluding hydrogens is 216 g/mol. The molecule has 0 saturated carbocycles. The Bertz CT molecular complexity index is 333. The van der Waals surface area contributed by atoms with E-state index in [1.807, 2.05) is 0 Å². The lowest BCUT2D eigenvalue weighted by molar-refractivity contribution is 0.145. The number of rotatable bonds is 3. The number of nitrogens with zero attached hydrogens (tertiary/aromatic N) is 1. The molecule has 0 aliphatic carbocycles. The van der Waals surface area contributed by atoms with E-state index in [-0.39, 0.29) is 23.2 Å². The van der Waals surface area contributed by atoms with Gasteiger partial charge in [0.25, 0.3) is 6.43 Å². The van der Waals surface area contributed by atoms with Crippen LogP contribution in [-0.4, -0.2) is 17.2 Å². The molecule has 0 atom stereocenters. The summed E-state index contributed by atoms with van der Waals surface area (Å²) in [5.41, 5.74) is -0.261. The lowest BCUT2D eigenvalue weighted by Gasteiger charge is -2.09. The van der Waals surface area contributed by atoms with Gasteiger partial charge in [0.15, 0.2) is 0 Å². The van der Waals surface area contributed by atoms with Crippen LogP contribution in [-0.2, 0) is 6.61 Å². The van der Waals surface area contributed by atoms with Crippen LogP contribution in [0.15, 0.2) is 6.07 Å². The van der Waals surface area contributed by atoms with Gasteiger partial charge in [-0.1, -0.05) is 11.6 Å². The Balaban J connectivity index is 3.27. The molecule has 1 N–H and O–H groups in total. The molecule has 0 aliphatic heterocycles. The minimum atomic E-state index is -2.75. The molecule has 0 aromatic carbocycles. The fourth-order valence-corrected chi connectivity index (χ4v) is 1.27. The molecular formula is C8H8ClF2NO2. The summed E-state index contributed by atoms with van der Waals surface area (Å²) >= 11 is 5.58. The lowest BCUT2D eigenvalue weighted by atomic mass is 10.2. The molecule has 1 aromatic heterocycles. The first-order valence-electron chi connectivity index (χ1n) is 3.72. The molecule has 1 aromatic rings. The number of alkyl halides is 2. The Hall–Kier alpha value is -0.940. The van der Waals surface area contributed by atoms with Gasteiger partial charge in [-0.05, 0) is 6.07 Å². The first kappa shape index (κ1) is 11.1. The predicted octanol–water partition coefficient (Wildman–Crippen LogP) is 2.17. The smallest absolute Gasteiger partial charge is 0.270 e. The Morgan fingerprint density at radius 3 is 2.71 bits per heavy atom. The van der Waals surface area contributed by atoms with Crippen LogP contribution in [0.3, 0.4) is 0 Å². The van der Waals surface area contributed by atoms with E-state index in [1.165, 1.54) is 13.2 Å².